The van der Waals surface area contributed by atoms with Crippen LogP contribution in [0.4, 0.5) is 0 Å². The topological polar surface area (TPSA) is 66.5 Å². The number of ether oxygens (including phenoxy) is 2. The van der Waals surface area contributed by atoms with Crippen molar-refractivity contribution in [3.8, 4) is 22.8 Å². The summed E-state index contributed by atoms with van der Waals surface area (Å²) in [4.78, 5) is 13.3. The molecule has 0 aliphatic carbocycles. The molecule has 1 aliphatic rings. The fourth-order valence-corrected chi connectivity index (χ4v) is 3.42. The summed E-state index contributed by atoms with van der Waals surface area (Å²) in [6.07, 6.45) is 1.83. The molecule has 2 N–H and O–H groups in total. The van der Waals surface area contributed by atoms with Gasteiger partial charge in [0.1, 0.15) is 0 Å². The minimum absolute atomic E-state index is 0.0807. The van der Waals surface area contributed by atoms with Gasteiger partial charge in [0.2, 0.25) is 6.79 Å². The van der Waals surface area contributed by atoms with E-state index < -0.39 is 0 Å². The second-order valence-electron chi connectivity index (χ2n) is 4.99. The Morgan fingerprint density at radius 2 is 2.10 bits per heavy atom. The SMILES string of the molecule is Cc1sc(=O)n(CCCCN)c1-c1ccc2c(c1)OCO2. The summed E-state index contributed by atoms with van der Waals surface area (Å²) in [7, 11) is 0. The summed E-state index contributed by atoms with van der Waals surface area (Å²) in [5.41, 5.74) is 7.49. The Labute approximate surface area is 126 Å². The number of thiazole rings is 1. The first-order chi connectivity index (χ1) is 10.2. The van der Waals surface area contributed by atoms with E-state index in [9.17, 15) is 4.79 Å². The third-order valence-corrected chi connectivity index (χ3v) is 4.44. The molecule has 0 unspecified atom stereocenters. The van der Waals surface area contributed by atoms with Crippen LogP contribution in [0.2, 0.25) is 0 Å². The Hall–Kier alpha value is -1.79. The number of fused-ring (bicyclic) bond motifs is 1. The molecule has 0 amide bonds. The van der Waals surface area contributed by atoms with Crippen LogP contribution in [-0.4, -0.2) is 17.9 Å². The van der Waals surface area contributed by atoms with Gasteiger partial charge >= 0.3 is 4.87 Å². The summed E-state index contributed by atoms with van der Waals surface area (Å²) in [6.45, 7) is 3.58. The number of unbranched alkanes of at least 4 members (excludes halogenated alkanes) is 1. The maximum absolute atomic E-state index is 12.2. The lowest BCUT2D eigenvalue weighted by Gasteiger charge is -2.09. The van der Waals surface area contributed by atoms with Crippen molar-refractivity contribution in [2.75, 3.05) is 13.3 Å². The van der Waals surface area contributed by atoms with Crippen molar-refractivity contribution in [2.24, 2.45) is 5.73 Å². The van der Waals surface area contributed by atoms with Crippen LogP contribution in [0.25, 0.3) is 11.3 Å². The number of hydrogen-bond acceptors (Lipinski definition) is 5. The van der Waals surface area contributed by atoms with Crippen molar-refractivity contribution in [3.63, 3.8) is 0 Å². The molecule has 5 nitrogen and oxygen atoms in total. The van der Waals surface area contributed by atoms with E-state index in [1.54, 1.807) is 0 Å². The monoisotopic (exact) mass is 306 g/mol. The average molecular weight is 306 g/mol. The molecule has 0 spiro atoms. The summed E-state index contributed by atoms with van der Waals surface area (Å²) in [6, 6.07) is 5.81. The number of aryl methyl sites for hydroxylation is 1. The molecule has 2 aromatic rings. The number of aromatic nitrogens is 1. The van der Waals surface area contributed by atoms with Gasteiger partial charge in [-0.2, -0.15) is 0 Å². The second-order valence-corrected chi connectivity index (χ2v) is 6.15. The quantitative estimate of drug-likeness (QED) is 0.861. The lowest BCUT2D eigenvalue weighted by Crippen LogP contribution is -2.15. The van der Waals surface area contributed by atoms with Gasteiger partial charge in [-0.25, -0.2) is 0 Å². The van der Waals surface area contributed by atoms with Crippen LogP contribution >= 0.6 is 11.3 Å². The maximum atomic E-state index is 12.2. The van der Waals surface area contributed by atoms with Gasteiger partial charge < -0.3 is 15.2 Å². The van der Waals surface area contributed by atoms with Crippen molar-refractivity contribution in [3.05, 3.63) is 32.7 Å². The van der Waals surface area contributed by atoms with Crippen molar-refractivity contribution < 1.29 is 9.47 Å². The standard InChI is InChI=1S/C15H18N2O3S/c1-10-14(17(15(18)21-10)7-3-2-6-16)11-4-5-12-13(8-11)20-9-19-12/h4-5,8H,2-3,6-7,9,16H2,1H3. The Morgan fingerprint density at radius 1 is 1.29 bits per heavy atom. The van der Waals surface area contributed by atoms with Gasteiger partial charge in [0.15, 0.2) is 11.5 Å². The van der Waals surface area contributed by atoms with Gasteiger partial charge in [-0.15, -0.1) is 0 Å². The molecule has 21 heavy (non-hydrogen) atoms. The Morgan fingerprint density at radius 3 is 2.90 bits per heavy atom. The van der Waals surface area contributed by atoms with Crippen LogP contribution in [0, 0.1) is 6.92 Å². The largest absolute Gasteiger partial charge is 0.454 e. The van der Waals surface area contributed by atoms with Gasteiger partial charge in [0.25, 0.3) is 0 Å². The van der Waals surface area contributed by atoms with Gasteiger partial charge in [-0.1, -0.05) is 11.3 Å². The zero-order chi connectivity index (χ0) is 14.8. The summed E-state index contributed by atoms with van der Waals surface area (Å²) in [5, 5.41) is 0. The van der Waals surface area contributed by atoms with E-state index in [4.69, 9.17) is 15.2 Å². The lowest BCUT2D eigenvalue weighted by atomic mass is 10.1. The Balaban J connectivity index is 1.99. The van der Waals surface area contributed by atoms with Gasteiger partial charge in [0, 0.05) is 17.0 Å². The Bertz CT molecular complexity index is 705. The van der Waals surface area contributed by atoms with E-state index in [0.717, 1.165) is 40.5 Å². The van der Waals surface area contributed by atoms with Crippen molar-refractivity contribution in [1.29, 1.82) is 0 Å². The number of rotatable bonds is 5. The van der Waals surface area contributed by atoms with E-state index in [2.05, 4.69) is 0 Å². The van der Waals surface area contributed by atoms with E-state index in [-0.39, 0.29) is 11.7 Å². The highest BCUT2D eigenvalue weighted by atomic mass is 32.1. The highest BCUT2D eigenvalue weighted by Crippen LogP contribution is 2.37. The molecule has 1 aromatic carbocycles. The van der Waals surface area contributed by atoms with Crippen molar-refractivity contribution in [2.45, 2.75) is 26.3 Å². The fourth-order valence-electron chi connectivity index (χ4n) is 2.54. The van der Waals surface area contributed by atoms with E-state index in [1.807, 2.05) is 29.7 Å². The summed E-state index contributed by atoms with van der Waals surface area (Å²) in [5.74, 6) is 1.49. The predicted molar refractivity (Wildman–Crippen MR) is 83.2 cm³/mol. The second kappa shape index (κ2) is 5.91. The third-order valence-electron chi connectivity index (χ3n) is 3.55. The molecular weight excluding hydrogens is 288 g/mol. The first-order valence-electron chi connectivity index (χ1n) is 7.01. The molecule has 0 saturated heterocycles. The first kappa shape index (κ1) is 14.2. The van der Waals surface area contributed by atoms with E-state index in [0.29, 0.717) is 13.1 Å². The molecule has 0 saturated carbocycles. The number of nitrogens with zero attached hydrogens (tertiary/aromatic N) is 1. The molecule has 1 aromatic heterocycles. The molecule has 0 radical (unpaired) electrons. The van der Waals surface area contributed by atoms with Crippen molar-refractivity contribution in [1.82, 2.24) is 4.57 Å². The molecule has 0 atom stereocenters. The molecular formula is C15H18N2O3S. The highest BCUT2D eigenvalue weighted by molar-refractivity contribution is 7.09. The molecule has 3 rings (SSSR count). The van der Waals surface area contributed by atoms with Crippen LogP contribution in [0.5, 0.6) is 11.5 Å². The maximum Gasteiger partial charge on any atom is 0.307 e. The van der Waals surface area contributed by atoms with Gasteiger partial charge in [-0.05, 0) is 44.5 Å². The highest BCUT2D eigenvalue weighted by Gasteiger charge is 2.18. The Kier molecular flexibility index (Phi) is 3.98. The normalized spacial score (nSPS) is 12.9. The van der Waals surface area contributed by atoms with Gasteiger partial charge in [-0.3, -0.25) is 9.36 Å². The van der Waals surface area contributed by atoms with E-state index in [1.165, 1.54) is 11.3 Å². The van der Waals surface area contributed by atoms with Crippen LogP contribution in [-0.2, 0) is 6.54 Å². The summed E-state index contributed by atoms with van der Waals surface area (Å²) < 4.78 is 12.6. The van der Waals surface area contributed by atoms with Crippen LogP contribution in [0.15, 0.2) is 23.0 Å². The molecule has 1 aliphatic heterocycles. The zero-order valence-corrected chi connectivity index (χ0v) is 12.7. The minimum atomic E-state index is 0.0807. The van der Waals surface area contributed by atoms with Crippen LogP contribution < -0.4 is 20.1 Å². The molecule has 0 fully saturated rings. The summed E-state index contributed by atoms with van der Waals surface area (Å²) >= 11 is 1.29. The number of hydrogen-bond donors (Lipinski definition) is 1. The molecule has 2 heterocycles. The number of nitrogens with two attached hydrogens (primary N) is 1. The van der Waals surface area contributed by atoms with Crippen LogP contribution in [0.1, 0.15) is 17.7 Å². The average Bonchev–Trinajstić information content (AvgIpc) is 3.03. The van der Waals surface area contributed by atoms with E-state index >= 15 is 0 Å². The zero-order valence-electron chi connectivity index (χ0n) is 11.9. The molecule has 112 valence electrons. The van der Waals surface area contributed by atoms with Gasteiger partial charge in [0.05, 0.1) is 5.69 Å². The minimum Gasteiger partial charge on any atom is -0.454 e. The predicted octanol–water partition coefficient (Wildman–Crippen LogP) is 2.35. The van der Waals surface area contributed by atoms with Crippen molar-refractivity contribution >= 4 is 11.3 Å². The molecule has 6 heteroatoms. The third kappa shape index (κ3) is 2.69. The molecule has 0 bridgehead atoms. The number of benzene rings is 1. The first-order valence-corrected chi connectivity index (χ1v) is 7.82. The smallest absolute Gasteiger partial charge is 0.307 e. The van der Waals surface area contributed by atoms with Crippen LogP contribution in [0.3, 0.4) is 0 Å². The lowest BCUT2D eigenvalue weighted by molar-refractivity contribution is 0.174. The fraction of sp³-hybridized carbons (Fsp3) is 0.400.